The first-order valence-corrected chi connectivity index (χ1v) is 8.03. The Kier molecular flexibility index (Phi) is 4.86. The molecule has 20 heavy (non-hydrogen) atoms. The van der Waals surface area contributed by atoms with Gasteiger partial charge in [-0.05, 0) is 51.8 Å². The smallest absolute Gasteiger partial charge is 0.0596 e. The first kappa shape index (κ1) is 15.5. The van der Waals surface area contributed by atoms with E-state index in [0.717, 1.165) is 25.0 Å². The zero-order valence-electron chi connectivity index (χ0n) is 13.5. The highest BCUT2D eigenvalue weighted by Crippen LogP contribution is 2.32. The standard InChI is InChI=1S/C16H30N4/c1-5-16(6-2,20-9-7-8-10-20)15(17)12-14-11-13(3)18-19(14)4/h11,15H,5-10,12,17H2,1-4H3. The van der Waals surface area contributed by atoms with Crippen molar-refractivity contribution in [2.75, 3.05) is 13.1 Å². The molecular weight excluding hydrogens is 248 g/mol. The molecule has 0 aromatic carbocycles. The van der Waals surface area contributed by atoms with Crippen LogP contribution in [0.25, 0.3) is 0 Å². The van der Waals surface area contributed by atoms with Gasteiger partial charge in [0, 0.05) is 30.7 Å². The van der Waals surface area contributed by atoms with Crippen molar-refractivity contribution < 1.29 is 0 Å². The van der Waals surface area contributed by atoms with Crippen molar-refractivity contribution in [2.24, 2.45) is 12.8 Å². The molecule has 0 aliphatic carbocycles. The average Bonchev–Trinajstić information content (AvgIpc) is 3.03. The van der Waals surface area contributed by atoms with Crippen LogP contribution in [0.5, 0.6) is 0 Å². The Bertz CT molecular complexity index is 428. The minimum Gasteiger partial charge on any atom is -0.326 e. The number of hydrogen-bond acceptors (Lipinski definition) is 3. The number of rotatable bonds is 6. The predicted molar refractivity (Wildman–Crippen MR) is 83.7 cm³/mol. The van der Waals surface area contributed by atoms with Gasteiger partial charge >= 0.3 is 0 Å². The van der Waals surface area contributed by atoms with Crippen molar-refractivity contribution in [1.82, 2.24) is 14.7 Å². The molecule has 2 heterocycles. The Morgan fingerprint density at radius 2 is 1.90 bits per heavy atom. The summed E-state index contributed by atoms with van der Waals surface area (Å²) >= 11 is 0. The molecule has 4 nitrogen and oxygen atoms in total. The van der Waals surface area contributed by atoms with Gasteiger partial charge in [-0.1, -0.05) is 13.8 Å². The molecule has 1 unspecified atom stereocenters. The van der Waals surface area contributed by atoms with Crippen molar-refractivity contribution >= 4 is 0 Å². The van der Waals surface area contributed by atoms with E-state index in [1.165, 1.54) is 31.6 Å². The molecule has 0 bridgehead atoms. The van der Waals surface area contributed by atoms with Crippen LogP contribution in [0.1, 0.15) is 50.9 Å². The molecule has 114 valence electrons. The van der Waals surface area contributed by atoms with Gasteiger partial charge in [0.2, 0.25) is 0 Å². The van der Waals surface area contributed by atoms with Gasteiger partial charge in [0.15, 0.2) is 0 Å². The van der Waals surface area contributed by atoms with Crippen molar-refractivity contribution in [3.8, 4) is 0 Å². The molecule has 2 rings (SSSR count). The van der Waals surface area contributed by atoms with Crippen molar-refractivity contribution in [2.45, 2.75) is 64.5 Å². The molecule has 1 aliphatic heterocycles. The first-order chi connectivity index (χ1) is 9.53. The van der Waals surface area contributed by atoms with E-state index in [1.54, 1.807) is 0 Å². The highest BCUT2D eigenvalue weighted by Gasteiger charge is 2.40. The average molecular weight is 278 g/mol. The van der Waals surface area contributed by atoms with E-state index in [1.807, 2.05) is 18.7 Å². The Morgan fingerprint density at radius 1 is 1.30 bits per heavy atom. The van der Waals surface area contributed by atoms with Gasteiger partial charge in [-0.15, -0.1) is 0 Å². The molecule has 1 fully saturated rings. The summed E-state index contributed by atoms with van der Waals surface area (Å²) in [7, 11) is 2.02. The molecule has 1 aromatic heterocycles. The summed E-state index contributed by atoms with van der Waals surface area (Å²) in [6, 6.07) is 2.34. The van der Waals surface area contributed by atoms with E-state index in [-0.39, 0.29) is 11.6 Å². The molecule has 0 saturated carbocycles. The predicted octanol–water partition coefficient (Wildman–Crippen LogP) is 2.25. The van der Waals surface area contributed by atoms with Crippen molar-refractivity contribution in [3.05, 3.63) is 17.5 Å². The highest BCUT2D eigenvalue weighted by molar-refractivity contribution is 5.13. The van der Waals surface area contributed by atoms with Crippen molar-refractivity contribution in [3.63, 3.8) is 0 Å². The minimum absolute atomic E-state index is 0.147. The third-order valence-corrected chi connectivity index (χ3v) is 5.18. The van der Waals surface area contributed by atoms with Crippen LogP contribution in [0.3, 0.4) is 0 Å². The van der Waals surface area contributed by atoms with Crippen LogP contribution in [-0.4, -0.2) is 39.4 Å². The van der Waals surface area contributed by atoms with E-state index >= 15 is 0 Å². The van der Waals surface area contributed by atoms with Crippen LogP contribution < -0.4 is 5.73 Å². The van der Waals surface area contributed by atoms with Gasteiger partial charge in [0.25, 0.3) is 0 Å². The van der Waals surface area contributed by atoms with Gasteiger partial charge in [-0.3, -0.25) is 9.58 Å². The van der Waals surface area contributed by atoms with E-state index in [2.05, 4.69) is 29.9 Å². The van der Waals surface area contributed by atoms with Crippen molar-refractivity contribution in [1.29, 1.82) is 0 Å². The molecule has 1 atom stereocenters. The molecule has 1 saturated heterocycles. The zero-order chi connectivity index (χ0) is 14.8. The summed E-state index contributed by atoms with van der Waals surface area (Å²) in [6.07, 6.45) is 5.80. The topological polar surface area (TPSA) is 47.1 Å². The maximum atomic E-state index is 6.68. The molecule has 2 N–H and O–H groups in total. The SMILES string of the molecule is CCC(CC)(C(N)Cc1cc(C)nn1C)N1CCCC1. The Hall–Kier alpha value is -0.870. The van der Waals surface area contributed by atoms with E-state index in [9.17, 15) is 0 Å². The van der Waals surface area contributed by atoms with Crippen LogP contribution >= 0.6 is 0 Å². The second kappa shape index (κ2) is 6.27. The summed E-state index contributed by atoms with van der Waals surface area (Å²) < 4.78 is 1.98. The highest BCUT2D eigenvalue weighted by atomic mass is 15.3. The normalized spacial score (nSPS) is 18.6. The van der Waals surface area contributed by atoms with E-state index in [4.69, 9.17) is 5.73 Å². The fraction of sp³-hybridized carbons (Fsp3) is 0.812. The summed E-state index contributed by atoms with van der Waals surface area (Å²) in [6.45, 7) is 9.04. The molecule has 1 aliphatic rings. The van der Waals surface area contributed by atoms with Gasteiger partial charge in [-0.25, -0.2) is 0 Å². The molecule has 4 heteroatoms. The maximum absolute atomic E-state index is 6.68. The minimum atomic E-state index is 0.147. The lowest BCUT2D eigenvalue weighted by atomic mass is 9.81. The fourth-order valence-electron chi connectivity index (χ4n) is 3.89. The Labute approximate surface area is 123 Å². The van der Waals surface area contributed by atoms with Crippen LogP contribution in [0.2, 0.25) is 0 Å². The third kappa shape index (κ3) is 2.77. The Balaban J connectivity index is 2.18. The second-order valence-corrected chi connectivity index (χ2v) is 6.22. The van der Waals surface area contributed by atoms with Gasteiger partial charge in [0.05, 0.1) is 5.69 Å². The van der Waals surface area contributed by atoms with Crippen LogP contribution in [0, 0.1) is 6.92 Å². The maximum Gasteiger partial charge on any atom is 0.0596 e. The largest absolute Gasteiger partial charge is 0.326 e. The molecule has 0 amide bonds. The van der Waals surface area contributed by atoms with E-state index in [0.29, 0.717) is 0 Å². The number of nitrogens with two attached hydrogens (primary N) is 1. The lowest BCUT2D eigenvalue weighted by Crippen LogP contribution is -2.59. The van der Waals surface area contributed by atoms with E-state index < -0.39 is 0 Å². The van der Waals surface area contributed by atoms with Crippen LogP contribution in [0.4, 0.5) is 0 Å². The Morgan fingerprint density at radius 3 is 2.35 bits per heavy atom. The number of aromatic nitrogens is 2. The fourth-order valence-corrected chi connectivity index (χ4v) is 3.89. The van der Waals surface area contributed by atoms with Gasteiger partial charge in [0.1, 0.15) is 0 Å². The second-order valence-electron chi connectivity index (χ2n) is 6.22. The summed E-state index contributed by atoms with van der Waals surface area (Å²) in [4.78, 5) is 2.64. The lowest BCUT2D eigenvalue weighted by molar-refractivity contribution is 0.0762. The number of nitrogens with zero attached hydrogens (tertiary/aromatic N) is 3. The van der Waals surface area contributed by atoms with Gasteiger partial charge < -0.3 is 5.73 Å². The summed E-state index contributed by atoms with van der Waals surface area (Å²) in [5.41, 5.74) is 9.16. The van der Waals surface area contributed by atoms with Gasteiger partial charge in [-0.2, -0.15) is 5.10 Å². The zero-order valence-corrected chi connectivity index (χ0v) is 13.5. The monoisotopic (exact) mass is 278 g/mol. The summed E-state index contributed by atoms with van der Waals surface area (Å²) in [5.74, 6) is 0. The number of aryl methyl sites for hydroxylation is 2. The lowest BCUT2D eigenvalue weighted by Gasteiger charge is -2.45. The molecule has 0 spiro atoms. The number of likely N-dealkylation sites (tertiary alicyclic amines) is 1. The van der Waals surface area contributed by atoms with Crippen LogP contribution in [-0.2, 0) is 13.5 Å². The van der Waals surface area contributed by atoms with Crippen LogP contribution in [0.15, 0.2) is 6.07 Å². The molecule has 1 aromatic rings. The summed E-state index contributed by atoms with van der Waals surface area (Å²) in [5, 5.41) is 4.44. The number of hydrogen-bond donors (Lipinski definition) is 1. The molecular formula is C16H30N4. The quantitative estimate of drug-likeness (QED) is 0.868. The molecule has 0 radical (unpaired) electrons. The first-order valence-electron chi connectivity index (χ1n) is 8.03. The third-order valence-electron chi connectivity index (χ3n) is 5.18.